The quantitative estimate of drug-likeness (QED) is 0.251. The maximum atomic E-state index is 14.6. The smallest absolute Gasteiger partial charge is 0.336 e. The first-order valence-corrected chi connectivity index (χ1v) is 13.5. The zero-order valence-electron chi connectivity index (χ0n) is 23.8. The van der Waals surface area contributed by atoms with Crippen LogP contribution in [0.25, 0.3) is 0 Å². The standard InChI is InChI=1S/C23H27FN2O4.C6H8O7/c1-3-28-20-13-22-21(29-15-30-22)12-17(20)14-26-10-8-23(9-11-26,25-16(2)27)18-6-4-5-7-19(18)24;7-3(8)1-6(13,5(11)12)2-4(9)10/h4-7,12-13H,3,8-11,14-15H2,1-2H3,(H,25,27);13H,1-2H2,(H,7,8)(H,9,10)(H,11,12). The number of amides is 1. The summed E-state index contributed by atoms with van der Waals surface area (Å²) in [4.78, 5) is 44.7. The second kappa shape index (κ2) is 14.2. The van der Waals surface area contributed by atoms with Crippen LogP contribution in [0.2, 0.25) is 0 Å². The van der Waals surface area contributed by atoms with Crippen molar-refractivity contribution in [1.82, 2.24) is 10.2 Å². The summed E-state index contributed by atoms with van der Waals surface area (Å²) in [6, 6.07) is 10.6. The summed E-state index contributed by atoms with van der Waals surface area (Å²) in [6.45, 7) is 6.32. The molecular formula is C29H35FN2O11. The highest BCUT2D eigenvalue weighted by molar-refractivity contribution is 5.88. The lowest BCUT2D eigenvalue weighted by Crippen LogP contribution is -2.52. The van der Waals surface area contributed by atoms with Crippen molar-refractivity contribution in [2.24, 2.45) is 0 Å². The monoisotopic (exact) mass is 606 g/mol. The third kappa shape index (κ3) is 8.55. The van der Waals surface area contributed by atoms with Crippen LogP contribution in [0.1, 0.15) is 50.7 Å². The molecule has 0 aliphatic carbocycles. The Bertz CT molecular complexity index is 1330. The maximum Gasteiger partial charge on any atom is 0.336 e. The topological polar surface area (TPSA) is 192 Å². The van der Waals surface area contributed by atoms with Gasteiger partial charge in [-0.25, -0.2) is 9.18 Å². The van der Waals surface area contributed by atoms with E-state index >= 15 is 0 Å². The van der Waals surface area contributed by atoms with E-state index in [0.717, 1.165) is 17.1 Å². The third-order valence-electron chi connectivity index (χ3n) is 7.05. The minimum Gasteiger partial charge on any atom is -0.493 e. The lowest BCUT2D eigenvalue weighted by molar-refractivity contribution is -0.170. The van der Waals surface area contributed by atoms with Crippen LogP contribution in [0.5, 0.6) is 17.2 Å². The van der Waals surface area contributed by atoms with Crippen LogP contribution in [0.3, 0.4) is 0 Å². The predicted octanol–water partition coefficient (Wildman–Crippen LogP) is 2.33. The Morgan fingerprint density at radius 2 is 1.60 bits per heavy atom. The fraction of sp³-hybridized carbons (Fsp3) is 0.448. The van der Waals surface area contributed by atoms with Crippen molar-refractivity contribution >= 4 is 23.8 Å². The van der Waals surface area contributed by atoms with Gasteiger partial charge < -0.3 is 40.0 Å². The van der Waals surface area contributed by atoms with Crippen LogP contribution < -0.4 is 19.5 Å². The maximum absolute atomic E-state index is 14.6. The van der Waals surface area contributed by atoms with Crippen LogP contribution in [0.4, 0.5) is 4.39 Å². The Morgan fingerprint density at radius 1 is 1.02 bits per heavy atom. The number of halogens is 1. The second-order valence-electron chi connectivity index (χ2n) is 10.2. The van der Waals surface area contributed by atoms with Crippen LogP contribution >= 0.6 is 0 Å². The van der Waals surface area contributed by atoms with Gasteiger partial charge in [0.15, 0.2) is 17.1 Å². The van der Waals surface area contributed by atoms with E-state index in [4.69, 9.17) is 34.6 Å². The summed E-state index contributed by atoms with van der Waals surface area (Å²) in [5.74, 6) is -3.24. The largest absolute Gasteiger partial charge is 0.493 e. The molecule has 0 aromatic heterocycles. The zero-order valence-corrected chi connectivity index (χ0v) is 23.8. The summed E-state index contributed by atoms with van der Waals surface area (Å²) in [7, 11) is 0. The Hall–Kier alpha value is -4.43. The number of carboxylic acids is 3. The van der Waals surface area contributed by atoms with Gasteiger partial charge in [-0.15, -0.1) is 0 Å². The first kappa shape index (κ1) is 33.1. The number of piperidine rings is 1. The van der Waals surface area contributed by atoms with Gasteiger partial charge in [-0.05, 0) is 31.9 Å². The molecule has 1 saturated heterocycles. The van der Waals surface area contributed by atoms with E-state index in [1.54, 1.807) is 12.1 Å². The molecule has 1 amide bonds. The van der Waals surface area contributed by atoms with E-state index in [0.29, 0.717) is 50.4 Å². The van der Waals surface area contributed by atoms with Crippen LogP contribution in [-0.2, 0) is 31.3 Å². The van der Waals surface area contributed by atoms with Gasteiger partial charge in [0, 0.05) is 43.8 Å². The van der Waals surface area contributed by atoms with E-state index < -0.39 is 41.9 Å². The molecule has 1 fully saturated rings. The Labute approximate surface area is 246 Å². The van der Waals surface area contributed by atoms with Crippen LogP contribution in [0.15, 0.2) is 36.4 Å². The molecule has 0 bridgehead atoms. The molecule has 2 aliphatic rings. The first-order chi connectivity index (χ1) is 20.3. The van der Waals surface area contributed by atoms with E-state index in [1.165, 1.54) is 13.0 Å². The number of rotatable bonds is 11. The number of benzene rings is 2. The normalized spacial score (nSPS) is 15.5. The molecule has 0 unspecified atom stereocenters. The highest BCUT2D eigenvalue weighted by Crippen LogP contribution is 2.40. The van der Waals surface area contributed by atoms with E-state index in [2.05, 4.69) is 10.2 Å². The average Bonchev–Trinajstić information content (AvgIpc) is 3.37. The Morgan fingerprint density at radius 3 is 2.12 bits per heavy atom. The minimum atomic E-state index is -2.74. The highest BCUT2D eigenvalue weighted by Gasteiger charge is 2.41. The van der Waals surface area contributed by atoms with Gasteiger partial charge in [-0.3, -0.25) is 19.3 Å². The number of ether oxygens (including phenoxy) is 3. The number of aliphatic carboxylic acids is 3. The van der Waals surface area contributed by atoms with Gasteiger partial charge in [-0.2, -0.15) is 0 Å². The number of fused-ring (bicyclic) bond motifs is 1. The first-order valence-electron chi connectivity index (χ1n) is 13.5. The van der Waals surface area contributed by atoms with Crippen molar-refractivity contribution in [3.05, 3.63) is 53.3 Å². The van der Waals surface area contributed by atoms with Gasteiger partial charge in [0.1, 0.15) is 11.6 Å². The summed E-state index contributed by atoms with van der Waals surface area (Å²) in [6.07, 6.45) is -1.03. The number of nitrogens with zero attached hydrogens (tertiary/aromatic N) is 1. The molecule has 13 nitrogen and oxygen atoms in total. The molecular weight excluding hydrogens is 571 g/mol. The lowest BCUT2D eigenvalue weighted by Gasteiger charge is -2.43. The Balaban J connectivity index is 0.000000331. The van der Waals surface area contributed by atoms with Crippen molar-refractivity contribution in [3.63, 3.8) is 0 Å². The number of nitrogens with one attached hydrogen (secondary N) is 1. The highest BCUT2D eigenvalue weighted by atomic mass is 19.1. The van der Waals surface area contributed by atoms with Crippen molar-refractivity contribution in [1.29, 1.82) is 0 Å². The third-order valence-corrected chi connectivity index (χ3v) is 7.05. The second-order valence-corrected chi connectivity index (χ2v) is 10.2. The van der Waals surface area contributed by atoms with Crippen molar-refractivity contribution in [2.75, 3.05) is 26.5 Å². The number of hydrogen-bond donors (Lipinski definition) is 5. The summed E-state index contributed by atoms with van der Waals surface area (Å²) < 4.78 is 31.4. The average molecular weight is 607 g/mol. The summed E-state index contributed by atoms with van der Waals surface area (Å²) in [5, 5.41) is 36.8. The summed E-state index contributed by atoms with van der Waals surface area (Å²) >= 11 is 0. The van der Waals surface area contributed by atoms with Crippen LogP contribution in [-0.4, -0.2) is 81.2 Å². The fourth-order valence-electron chi connectivity index (χ4n) is 5.07. The van der Waals surface area contributed by atoms with Gasteiger partial charge in [0.2, 0.25) is 12.7 Å². The summed E-state index contributed by atoms with van der Waals surface area (Å²) in [5.41, 5.74) is -1.85. The number of carbonyl (C=O) groups excluding carboxylic acids is 1. The predicted molar refractivity (Wildman–Crippen MR) is 147 cm³/mol. The molecule has 43 heavy (non-hydrogen) atoms. The molecule has 2 aromatic carbocycles. The molecule has 0 radical (unpaired) electrons. The number of aliphatic hydroxyl groups is 1. The van der Waals surface area contributed by atoms with Crippen molar-refractivity contribution in [2.45, 2.75) is 57.2 Å². The molecule has 0 spiro atoms. The van der Waals surface area contributed by atoms with Gasteiger partial charge in [-0.1, -0.05) is 18.2 Å². The Kier molecular flexibility index (Phi) is 10.9. The van der Waals surface area contributed by atoms with Gasteiger partial charge in [0.25, 0.3) is 0 Å². The zero-order chi connectivity index (χ0) is 31.8. The van der Waals surface area contributed by atoms with E-state index in [9.17, 15) is 23.6 Å². The van der Waals surface area contributed by atoms with Crippen LogP contribution in [0, 0.1) is 5.82 Å². The minimum absolute atomic E-state index is 0.152. The van der Waals surface area contributed by atoms with E-state index in [1.807, 2.05) is 25.1 Å². The van der Waals surface area contributed by atoms with Crippen molar-refractivity contribution < 1.29 is 58.2 Å². The molecule has 234 valence electrons. The molecule has 0 saturated carbocycles. The molecule has 2 aromatic rings. The van der Waals surface area contributed by atoms with Crippen molar-refractivity contribution in [3.8, 4) is 17.2 Å². The number of carboxylic acid groups (broad SMARTS) is 3. The molecule has 5 N–H and O–H groups in total. The SMILES string of the molecule is CCOc1cc2c(cc1CN1CCC(NC(C)=O)(c3ccccc3F)CC1)OCO2.O=C(O)CC(O)(CC(=O)O)C(=O)O. The lowest BCUT2D eigenvalue weighted by atomic mass is 9.80. The molecule has 14 heteroatoms. The molecule has 2 heterocycles. The molecule has 2 aliphatic heterocycles. The number of carbonyl (C=O) groups is 4. The van der Waals surface area contributed by atoms with E-state index in [-0.39, 0.29) is 18.5 Å². The number of likely N-dealkylation sites (tertiary alicyclic amines) is 1. The van der Waals surface area contributed by atoms with Gasteiger partial charge in [0.05, 0.1) is 25.0 Å². The number of hydrogen-bond acceptors (Lipinski definition) is 9. The fourth-order valence-corrected chi connectivity index (χ4v) is 5.07. The van der Waals surface area contributed by atoms with Gasteiger partial charge >= 0.3 is 17.9 Å². The molecule has 0 atom stereocenters. The molecule has 4 rings (SSSR count).